The van der Waals surface area contributed by atoms with Gasteiger partial charge in [-0.05, 0) is 12.3 Å². The van der Waals surface area contributed by atoms with E-state index in [9.17, 15) is 10.1 Å². The van der Waals surface area contributed by atoms with Gasteiger partial charge in [0, 0.05) is 11.6 Å². The van der Waals surface area contributed by atoms with E-state index in [0.717, 1.165) is 0 Å². The molecule has 0 bridgehead atoms. The Morgan fingerprint density at radius 1 is 1.43 bits per heavy atom. The quantitative estimate of drug-likeness (QED) is 0.675. The number of halogens is 1. The fourth-order valence-electron chi connectivity index (χ4n) is 1.95. The molecule has 1 N–H and O–H groups in total. The second-order valence-electron chi connectivity index (χ2n) is 4.10. The molecule has 2 aromatic rings. The van der Waals surface area contributed by atoms with Crippen molar-refractivity contribution in [1.82, 2.24) is 9.97 Å². The Bertz CT molecular complexity index is 829. The smallest absolute Gasteiger partial charge is 0.270 e. The standard InChI is InChI=1S/C13H8ClN3O3S/c1-21-13-16-11(7(4-15)12(18)17-13)6-2-9-10(3-8(6)14)20-5-19-9/h2-3H,5H2,1H3,(H,16,17,18). The second kappa shape index (κ2) is 5.31. The van der Waals surface area contributed by atoms with Crippen molar-refractivity contribution in [2.75, 3.05) is 13.0 Å². The molecule has 1 aliphatic heterocycles. The number of nitriles is 1. The lowest BCUT2D eigenvalue weighted by Gasteiger charge is -2.08. The lowest BCUT2D eigenvalue weighted by molar-refractivity contribution is 0.174. The Hall–Kier alpha value is -2.17. The van der Waals surface area contributed by atoms with Crippen LogP contribution in [0.1, 0.15) is 5.56 Å². The van der Waals surface area contributed by atoms with Gasteiger partial charge in [-0.1, -0.05) is 23.4 Å². The molecule has 3 rings (SSSR count). The summed E-state index contributed by atoms with van der Waals surface area (Å²) in [6.45, 7) is 0.110. The van der Waals surface area contributed by atoms with Gasteiger partial charge in [0.25, 0.3) is 5.56 Å². The number of aromatic amines is 1. The number of thioether (sulfide) groups is 1. The van der Waals surface area contributed by atoms with Crippen LogP contribution in [0.25, 0.3) is 11.3 Å². The SMILES string of the molecule is CSc1nc(-c2cc3c(cc2Cl)OCO3)c(C#N)c(=O)[nH]1. The maximum Gasteiger partial charge on any atom is 0.270 e. The van der Waals surface area contributed by atoms with Crippen LogP contribution in [-0.2, 0) is 0 Å². The van der Waals surface area contributed by atoms with Gasteiger partial charge in [0.15, 0.2) is 16.7 Å². The number of hydrogen-bond acceptors (Lipinski definition) is 6. The first-order valence-electron chi connectivity index (χ1n) is 5.82. The molecule has 8 heteroatoms. The highest BCUT2D eigenvalue weighted by atomic mass is 35.5. The van der Waals surface area contributed by atoms with E-state index in [0.29, 0.717) is 27.2 Å². The number of hydrogen-bond donors (Lipinski definition) is 1. The first-order chi connectivity index (χ1) is 10.1. The van der Waals surface area contributed by atoms with Gasteiger partial charge in [0.05, 0.1) is 10.7 Å². The minimum absolute atomic E-state index is 0.0893. The highest BCUT2D eigenvalue weighted by Crippen LogP contribution is 2.40. The summed E-state index contributed by atoms with van der Waals surface area (Å²) < 4.78 is 10.5. The molecular formula is C13H8ClN3O3S. The lowest BCUT2D eigenvalue weighted by atomic mass is 10.1. The molecular weight excluding hydrogens is 314 g/mol. The molecule has 6 nitrogen and oxygen atoms in total. The molecule has 1 aliphatic rings. The summed E-state index contributed by atoms with van der Waals surface area (Å²) in [5.41, 5.74) is 0.0990. The molecule has 1 aromatic heterocycles. The van der Waals surface area contributed by atoms with Crippen molar-refractivity contribution >= 4 is 23.4 Å². The lowest BCUT2D eigenvalue weighted by Crippen LogP contribution is -2.14. The number of H-pyrrole nitrogens is 1. The zero-order valence-corrected chi connectivity index (χ0v) is 12.3. The Balaban J connectivity index is 2.28. The van der Waals surface area contributed by atoms with Crippen molar-refractivity contribution in [3.63, 3.8) is 0 Å². The third kappa shape index (κ3) is 2.33. The molecule has 2 heterocycles. The molecule has 21 heavy (non-hydrogen) atoms. The average Bonchev–Trinajstić information content (AvgIpc) is 2.92. The Morgan fingerprint density at radius 2 is 2.14 bits per heavy atom. The van der Waals surface area contributed by atoms with Crippen molar-refractivity contribution in [2.45, 2.75) is 5.16 Å². The van der Waals surface area contributed by atoms with Crippen molar-refractivity contribution in [3.8, 4) is 28.8 Å². The Kier molecular flexibility index (Phi) is 3.49. The number of aromatic nitrogens is 2. The molecule has 106 valence electrons. The van der Waals surface area contributed by atoms with Crippen LogP contribution in [0.4, 0.5) is 0 Å². The summed E-state index contributed by atoms with van der Waals surface area (Å²) in [6, 6.07) is 5.07. The predicted octanol–water partition coefficient (Wildman–Crippen LogP) is 2.41. The first-order valence-corrected chi connectivity index (χ1v) is 7.42. The molecule has 0 amide bonds. The van der Waals surface area contributed by atoms with Gasteiger partial charge in [-0.3, -0.25) is 4.79 Å². The van der Waals surface area contributed by atoms with Gasteiger partial charge in [-0.25, -0.2) is 4.98 Å². The molecule has 0 spiro atoms. The fourth-order valence-corrected chi connectivity index (χ4v) is 2.57. The largest absolute Gasteiger partial charge is 0.454 e. The van der Waals surface area contributed by atoms with E-state index < -0.39 is 5.56 Å². The minimum atomic E-state index is -0.499. The average molecular weight is 322 g/mol. The van der Waals surface area contributed by atoms with E-state index >= 15 is 0 Å². The van der Waals surface area contributed by atoms with Crippen molar-refractivity contribution in [1.29, 1.82) is 5.26 Å². The molecule has 0 atom stereocenters. The molecule has 0 radical (unpaired) electrons. The highest BCUT2D eigenvalue weighted by Gasteiger charge is 2.21. The second-order valence-corrected chi connectivity index (χ2v) is 5.30. The number of fused-ring (bicyclic) bond motifs is 1. The maximum absolute atomic E-state index is 11.9. The van der Waals surface area contributed by atoms with E-state index in [4.69, 9.17) is 21.1 Å². The number of rotatable bonds is 2. The topological polar surface area (TPSA) is 88.0 Å². The molecule has 0 saturated carbocycles. The monoisotopic (exact) mass is 321 g/mol. The van der Waals surface area contributed by atoms with Crippen LogP contribution in [-0.4, -0.2) is 23.0 Å². The van der Waals surface area contributed by atoms with E-state index in [1.165, 1.54) is 11.8 Å². The van der Waals surface area contributed by atoms with E-state index in [1.54, 1.807) is 18.4 Å². The highest BCUT2D eigenvalue weighted by molar-refractivity contribution is 7.98. The maximum atomic E-state index is 11.9. The van der Waals surface area contributed by atoms with Crippen LogP contribution in [0.2, 0.25) is 5.02 Å². The van der Waals surface area contributed by atoms with Crippen molar-refractivity contribution in [3.05, 3.63) is 33.1 Å². The number of benzene rings is 1. The van der Waals surface area contributed by atoms with Gasteiger partial charge in [0.1, 0.15) is 11.6 Å². The summed E-state index contributed by atoms with van der Waals surface area (Å²) in [5.74, 6) is 1.03. The van der Waals surface area contributed by atoms with Crippen LogP contribution in [0.3, 0.4) is 0 Å². The van der Waals surface area contributed by atoms with Gasteiger partial charge < -0.3 is 14.5 Å². The third-order valence-electron chi connectivity index (χ3n) is 2.92. The first kappa shape index (κ1) is 13.8. The van der Waals surface area contributed by atoms with E-state index in [2.05, 4.69) is 9.97 Å². The molecule has 0 saturated heterocycles. The molecule has 1 aromatic carbocycles. The van der Waals surface area contributed by atoms with Gasteiger partial charge in [-0.2, -0.15) is 5.26 Å². The third-order valence-corrected chi connectivity index (χ3v) is 3.81. The van der Waals surface area contributed by atoms with E-state index in [1.807, 2.05) is 6.07 Å². The van der Waals surface area contributed by atoms with Crippen molar-refractivity contribution < 1.29 is 9.47 Å². The van der Waals surface area contributed by atoms with Gasteiger partial charge in [0.2, 0.25) is 6.79 Å². The zero-order valence-electron chi connectivity index (χ0n) is 10.8. The summed E-state index contributed by atoms with van der Waals surface area (Å²) in [5, 5.41) is 9.93. The van der Waals surface area contributed by atoms with Gasteiger partial charge >= 0.3 is 0 Å². The zero-order chi connectivity index (χ0) is 15.0. The minimum Gasteiger partial charge on any atom is -0.454 e. The van der Waals surface area contributed by atoms with Gasteiger partial charge in [-0.15, -0.1) is 0 Å². The number of ether oxygens (including phenoxy) is 2. The molecule has 0 unspecified atom stereocenters. The molecule has 0 aliphatic carbocycles. The Morgan fingerprint density at radius 3 is 2.81 bits per heavy atom. The summed E-state index contributed by atoms with van der Waals surface area (Å²) in [7, 11) is 0. The van der Waals surface area contributed by atoms with Crippen molar-refractivity contribution in [2.24, 2.45) is 0 Å². The van der Waals surface area contributed by atoms with E-state index in [-0.39, 0.29) is 18.1 Å². The van der Waals surface area contributed by atoms with Crippen LogP contribution in [0.15, 0.2) is 22.1 Å². The van der Waals surface area contributed by atoms with Crippen LogP contribution in [0.5, 0.6) is 11.5 Å². The van der Waals surface area contributed by atoms with Crippen LogP contribution >= 0.6 is 23.4 Å². The van der Waals surface area contributed by atoms with Crippen LogP contribution in [0, 0.1) is 11.3 Å². The summed E-state index contributed by atoms with van der Waals surface area (Å²) in [6.07, 6.45) is 1.77. The fraction of sp³-hybridized carbons (Fsp3) is 0.154. The summed E-state index contributed by atoms with van der Waals surface area (Å²) in [4.78, 5) is 18.8. The normalized spacial score (nSPS) is 12.2. The predicted molar refractivity (Wildman–Crippen MR) is 77.9 cm³/mol. The number of nitrogens with zero attached hydrogens (tertiary/aromatic N) is 2. The molecule has 0 fully saturated rings. The number of nitrogens with one attached hydrogen (secondary N) is 1. The summed E-state index contributed by atoms with van der Waals surface area (Å²) >= 11 is 7.48. The van der Waals surface area contributed by atoms with Crippen LogP contribution < -0.4 is 15.0 Å². The Labute approximate surface area is 128 Å².